The predicted octanol–water partition coefficient (Wildman–Crippen LogP) is 3.99. The maximum Gasteiger partial charge on any atom is 0.294 e. The van der Waals surface area contributed by atoms with E-state index in [1.807, 2.05) is 36.4 Å². The van der Waals surface area contributed by atoms with Crippen LogP contribution in [0, 0.1) is 6.92 Å². The van der Waals surface area contributed by atoms with Gasteiger partial charge in [0.2, 0.25) is 0 Å². The molecule has 0 aliphatic rings. The maximum absolute atomic E-state index is 11.7. The van der Waals surface area contributed by atoms with Crippen LogP contribution in [0.25, 0.3) is 38.3 Å². The average Bonchev–Trinajstić information content (AvgIpc) is 3.14. The van der Waals surface area contributed by atoms with E-state index in [-0.39, 0.29) is 16.2 Å². The van der Waals surface area contributed by atoms with Gasteiger partial charge in [0.15, 0.2) is 0 Å². The lowest BCUT2D eigenvalue weighted by molar-refractivity contribution is 0.466. The van der Waals surface area contributed by atoms with Crippen LogP contribution in [-0.4, -0.2) is 33.1 Å². The van der Waals surface area contributed by atoms with Crippen molar-refractivity contribution in [2.75, 3.05) is 0 Å². The molecule has 7 nitrogen and oxygen atoms in total. The molecule has 5 rings (SSSR count). The average molecular weight is 405 g/mol. The topological polar surface area (TPSA) is 105 Å². The highest BCUT2D eigenvalue weighted by molar-refractivity contribution is 7.85. The number of hydrogen-bond acceptors (Lipinski definition) is 5. The Labute approximate surface area is 165 Å². The molecule has 0 unspecified atom stereocenters. The van der Waals surface area contributed by atoms with Crippen molar-refractivity contribution in [1.82, 2.24) is 15.0 Å². The summed E-state index contributed by atoms with van der Waals surface area (Å²) in [5.74, 6) is -0.189. The summed E-state index contributed by atoms with van der Waals surface area (Å²) in [7, 11) is -4.47. The molecule has 0 aliphatic heterocycles. The van der Waals surface area contributed by atoms with Crippen LogP contribution in [-0.2, 0) is 10.1 Å². The van der Waals surface area contributed by atoms with E-state index >= 15 is 0 Å². The molecular weight excluding hydrogens is 390 g/mol. The standard InChI is InChI=1S/C21H15N3O4S/c1-12-19(29(26,27)28)11-14-10-15(7-8-17(14)21(12)25)24-22-18-9-6-13-4-2-3-5-16(13)20(18)23-24/h2-11,25H,1H3,(H,26,27,28). The summed E-state index contributed by atoms with van der Waals surface area (Å²) < 4.78 is 32.8. The van der Waals surface area contributed by atoms with Crippen molar-refractivity contribution in [2.24, 2.45) is 0 Å². The van der Waals surface area contributed by atoms with Crippen LogP contribution in [0.15, 0.2) is 65.6 Å². The van der Waals surface area contributed by atoms with Crippen LogP contribution in [0.4, 0.5) is 0 Å². The minimum Gasteiger partial charge on any atom is -0.507 e. The SMILES string of the molecule is Cc1c(S(=O)(=O)O)cc2cc(-n3nc4ccc5ccccc5c4n3)ccc2c1O. The first-order chi connectivity index (χ1) is 13.8. The van der Waals surface area contributed by atoms with E-state index in [0.717, 1.165) is 21.8 Å². The van der Waals surface area contributed by atoms with E-state index < -0.39 is 10.1 Å². The van der Waals surface area contributed by atoms with Gasteiger partial charge in [-0.05, 0) is 48.0 Å². The second-order valence-corrected chi connectivity index (χ2v) is 8.26. The van der Waals surface area contributed by atoms with Gasteiger partial charge in [0.05, 0.1) is 5.69 Å². The normalized spacial score (nSPS) is 12.2. The zero-order chi connectivity index (χ0) is 20.3. The number of aromatic hydroxyl groups is 1. The van der Waals surface area contributed by atoms with E-state index in [1.165, 1.54) is 17.8 Å². The summed E-state index contributed by atoms with van der Waals surface area (Å²) in [5, 5.41) is 22.5. The monoisotopic (exact) mass is 405 g/mol. The zero-order valence-corrected chi connectivity index (χ0v) is 16.1. The molecule has 2 N–H and O–H groups in total. The molecule has 8 heteroatoms. The van der Waals surface area contributed by atoms with Gasteiger partial charge in [-0.15, -0.1) is 10.2 Å². The molecule has 0 bridgehead atoms. The highest BCUT2D eigenvalue weighted by Crippen LogP contribution is 2.34. The van der Waals surface area contributed by atoms with Crippen molar-refractivity contribution < 1.29 is 18.1 Å². The second kappa shape index (κ2) is 6.00. The molecule has 0 amide bonds. The molecule has 1 aromatic heterocycles. The number of hydrogen-bond donors (Lipinski definition) is 2. The highest BCUT2D eigenvalue weighted by Gasteiger charge is 2.19. The minimum absolute atomic E-state index is 0.0992. The third-order valence-corrected chi connectivity index (χ3v) is 6.07. The predicted molar refractivity (Wildman–Crippen MR) is 110 cm³/mol. The van der Waals surface area contributed by atoms with E-state index in [0.29, 0.717) is 16.5 Å². The number of aromatic nitrogens is 3. The fraction of sp³-hybridized carbons (Fsp3) is 0.0476. The molecule has 0 aliphatic carbocycles. The first kappa shape index (κ1) is 17.6. The fourth-order valence-electron chi connectivity index (χ4n) is 3.61. The lowest BCUT2D eigenvalue weighted by Crippen LogP contribution is -2.02. The molecule has 29 heavy (non-hydrogen) atoms. The number of fused-ring (bicyclic) bond motifs is 4. The molecule has 0 fully saturated rings. The van der Waals surface area contributed by atoms with Gasteiger partial charge in [-0.2, -0.15) is 13.2 Å². The lowest BCUT2D eigenvalue weighted by Gasteiger charge is -2.10. The molecule has 5 aromatic rings. The van der Waals surface area contributed by atoms with Gasteiger partial charge in [-0.3, -0.25) is 4.55 Å². The fourth-order valence-corrected chi connectivity index (χ4v) is 4.37. The van der Waals surface area contributed by atoms with Crippen molar-refractivity contribution >= 4 is 42.7 Å². The van der Waals surface area contributed by atoms with E-state index in [2.05, 4.69) is 10.2 Å². The van der Waals surface area contributed by atoms with Crippen LogP contribution in [0.2, 0.25) is 0 Å². The van der Waals surface area contributed by atoms with Crippen LogP contribution in [0.5, 0.6) is 5.75 Å². The molecule has 4 aromatic carbocycles. The van der Waals surface area contributed by atoms with Crippen LogP contribution in [0.3, 0.4) is 0 Å². The van der Waals surface area contributed by atoms with Crippen LogP contribution < -0.4 is 0 Å². The summed E-state index contributed by atoms with van der Waals surface area (Å²) in [6, 6.07) is 18.2. The third-order valence-electron chi connectivity index (χ3n) is 5.09. The van der Waals surface area contributed by atoms with E-state index in [4.69, 9.17) is 0 Å². The summed E-state index contributed by atoms with van der Waals surface area (Å²) in [5.41, 5.74) is 2.19. The van der Waals surface area contributed by atoms with Crippen molar-refractivity contribution in [3.63, 3.8) is 0 Å². The highest BCUT2D eigenvalue weighted by atomic mass is 32.2. The molecular formula is C21H15N3O4S. The quantitative estimate of drug-likeness (QED) is 0.430. The molecule has 0 saturated carbocycles. The summed E-state index contributed by atoms with van der Waals surface area (Å²) in [4.78, 5) is 1.14. The Morgan fingerprint density at radius 3 is 2.48 bits per heavy atom. The number of phenolic OH excluding ortho intramolecular Hbond substituents is 1. The van der Waals surface area contributed by atoms with Gasteiger partial charge in [0, 0.05) is 16.3 Å². The van der Waals surface area contributed by atoms with Crippen LogP contribution in [0.1, 0.15) is 5.56 Å². The molecule has 1 heterocycles. The van der Waals surface area contributed by atoms with Gasteiger partial charge >= 0.3 is 0 Å². The van der Waals surface area contributed by atoms with Gasteiger partial charge in [0.25, 0.3) is 10.1 Å². The number of nitrogens with zero attached hydrogens (tertiary/aromatic N) is 3. The number of phenols is 1. The van der Waals surface area contributed by atoms with Crippen molar-refractivity contribution in [1.29, 1.82) is 0 Å². The number of benzene rings is 4. The third kappa shape index (κ3) is 2.72. The summed E-state index contributed by atoms with van der Waals surface area (Å²) in [6.07, 6.45) is 0. The smallest absolute Gasteiger partial charge is 0.294 e. The van der Waals surface area contributed by atoms with Crippen molar-refractivity contribution in [2.45, 2.75) is 11.8 Å². The first-order valence-electron chi connectivity index (χ1n) is 8.82. The Bertz CT molecular complexity index is 1560. The van der Waals surface area contributed by atoms with Crippen molar-refractivity contribution in [3.05, 3.63) is 66.2 Å². The van der Waals surface area contributed by atoms with Gasteiger partial charge in [-0.25, -0.2) is 0 Å². The van der Waals surface area contributed by atoms with Gasteiger partial charge < -0.3 is 5.11 Å². The Morgan fingerprint density at radius 1 is 0.897 bits per heavy atom. The number of rotatable bonds is 2. The van der Waals surface area contributed by atoms with Gasteiger partial charge in [-0.1, -0.05) is 30.3 Å². The van der Waals surface area contributed by atoms with E-state index in [9.17, 15) is 18.1 Å². The Kier molecular flexibility index (Phi) is 3.64. The Balaban J connectivity index is 1.75. The zero-order valence-electron chi connectivity index (χ0n) is 15.2. The molecule has 0 spiro atoms. The maximum atomic E-state index is 11.7. The van der Waals surface area contributed by atoms with E-state index in [1.54, 1.807) is 18.2 Å². The molecule has 144 valence electrons. The minimum atomic E-state index is -4.47. The van der Waals surface area contributed by atoms with Crippen LogP contribution >= 0.6 is 0 Å². The first-order valence-corrected chi connectivity index (χ1v) is 10.3. The Morgan fingerprint density at radius 2 is 1.69 bits per heavy atom. The van der Waals surface area contributed by atoms with Gasteiger partial charge in [0.1, 0.15) is 21.7 Å². The summed E-state index contributed by atoms with van der Waals surface area (Å²) >= 11 is 0. The second-order valence-electron chi connectivity index (χ2n) is 6.87. The lowest BCUT2D eigenvalue weighted by atomic mass is 10.1. The largest absolute Gasteiger partial charge is 0.507 e. The molecule has 0 atom stereocenters. The Hall–Kier alpha value is -3.49. The van der Waals surface area contributed by atoms with Crippen molar-refractivity contribution in [3.8, 4) is 11.4 Å². The molecule has 0 saturated heterocycles. The summed E-state index contributed by atoms with van der Waals surface area (Å²) in [6.45, 7) is 1.44. The molecule has 0 radical (unpaired) electrons.